The number of nitro groups is 2. The topological polar surface area (TPSA) is 86.3 Å². The molecule has 0 aliphatic carbocycles. The van der Waals surface area contributed by atoms with E-state index in [-0.39, 0.29) is 9.92 Å². The molecule has 0 aliphatic heterocycles. The van der Waals surface area contributed by atoms with E-state index in [1.165, 1.54) is 0 Å². The lowest BCUT2D eigenvalue weighted by atomic mass is 10.3. The molecule has 0 radical (unpaired) electrons. The molecule has 80 valence electrons. The lowest BCUT2D eigenvalue weighted by molar-refractivity contribution is -0.395. The third-order valence-corrected chi connectivity index (χ3v) is 2.78. The summed E-state index contributed by atoms with van der Waals surface area (Å²) < 4.78 is 0. The van der Waals surface area contributed by atoms with Gasteiger partial charge in [-0.15, -0.1) is 12.6 Å². The van der Waals surface area contributed by atoms with Crippen LogP contribution < -0.4 is 0 Å². The van der Waals surface area contributed by atoms with E-state index >= 15 is 0 Å². The zero-order chi connectivity index (χ0) is 11.7. The fourth-order valence-electron chi connectivity index (χ4n) is 0.890. The van der Waals surface area contributed by atoms with Crippen molar-refractivity contribution in [3.63, 3.8) is 0 Å². The van der Waals surface area contributed by atoms with E-state index in [9.17, 15) is 20.2 Å². The average molecular weight is 269 g/mol. The Morgan fingerprint density at radius 2 is 1.73 bits per heavy atom. The first-order valence-electron chi connectivity index (χ1n) is 3.36. The smallest absolute Gasteiger partial charge is 0.258 e. The molecule has 0 saturated carbocycles. The Bertz CT molecular complexity index is 465. The van der Waals surface area contributed by atoms with Crippen LogP contribution in [0.15, 0.2) is 11.0 Å². The second kappa shape index (κ2) is 4.21. The number of rotatable bonds is 2. The second-order valence-electron chi connectivity index (χ2n) is 2.40. The summed E-state index contributed by atoms with van der Waals surface area (Å²) in [5, 5.41) is 20.3. The molecule has 0 heterocycles. The summed E-state index contributed by atoms with van der Waals surface area (Å²) >= 11 is 14.8. The minimum absolute atomic E-state index is 0.193. The van der Waals surface area contributed by atoms with Crippen LogP contribution in [0, 0.1) is 20.2 Å². The Kier molecular flexibility index (Phi) is 3.38. The van der Waals surface area contributed by atoms with E-state index in [1.807, 2.05) is 0 Å². The minimum Gasteiger partial charge on any atom is -0.258 e. The third-order valence-electron chi connectivity index (χ3n) is 1.53. The van der Waals surface area contributed by atoms with Gasteiger partial charge in [0.25, 0.3) is 5.69 Å². The summed E-state index contributed by atoms with van der Waals surface area (Å²) in [5.41, 5.74) is -1.29. The van der Waals surface area contributed by atoms with Gasteiger partial charge in [-0.2, -0.15) is 0 Å². The number of benzene rings is 1. The van der Waals surface area contributed by atoms with Gasteiger partial charge in [-0.1, -0.05) is 23.2 Å². The molecular formula is C6H2Cl2N2O4S. The molecule has 0 atom stereocenters. The van der Waals surface area contributed by atoms with Gasteiger partial charge in [-0.3, -0.25) is 20.2 Å². The molecule has 0 unspecified atom stereocenters. The van der Waals surface area contributed by atoms with Gasteiger partial charge in [-0.25, -0.2) is 0 Å². The maximum Gasteiger partial charge on any atom is 0.309 e. The van der Waals surface area contributed by atoms with Crippen LogP contribution in [0.4, 0.5) is 11.4 Å². The SMILES string of the molecule is O=[N+]([O-])c1cc(Cl)c(S)c([N+](=O)[O-])c1Cl. The number of hydrogen-bond donors (Lipinski definition) is 1. The van der Waals surface area contributed by atoms with Crippen LogP contribution in [0.3, 0.4) is 0 Å². The first kappa shape index (κ1) is 12.0. The first-order valence-corrected chi connectivity index (χ1v) is 4.56. The van der Waals surface area contributed by atoms with Crippen molar-refractivity contribution in [1.29, 1.82) is 0 Å². The number of nitro benzene ring substituents is 2. The van der Waals surface area contributed by atoms with Gasteiger partial charge in [0, 0.05) is 6.07 Å². The zero-order valence-corrected chi connectivity index (χ0v) is 9.21. The third kappa shape index (κ3) is 2.14. The Balaban J connectivity index is 3.63. The molecule has 1 rings (SSSR count). The molecule has 0 amide bonds. The molecular weight excluding hydrogens is 267 g/mol. The highest BCUT2D eigenvalue weighted by molar-refractivity contribution is 7.80. The molecule has 0 fully saturated rings. The molecule has 9 heteroatoms. The monoisotopic (exact) mass is 268 g/mol. The lowest BCUT2D eigenvalue weighted by Crippen LogP contribution is -1.96. The predicted molar refractivity (Wildman–Crippen MR) is 57.0 cm³/mol. The summed E-state index contributed by atoms with van der Waals surface area (Å²) in [6, 6.07) is 0.916. The first-order chi connectivity index (χ1) is 6.86. The van der Waals surface area contributed by atoms with Crippen LogP contribution >= 0.6 is 35.8 Å². The Morgan fingerprint density at radius 1 is 1.20 bits per heavy atom. The van der Waals surface area contributed by atoms with Crippen LogP contribution in [0.1, 0.15) is 0 Å². The Morgan fingerprint density at radius 3 is 2.13 bits per heavy atom. The van der Waals surface area contributed by atoms with Crippen molar-refractivity contribution in [3.05, 3.63) is 36.3 Å². The molecule has 6 nitrogen and oxygen atoms in total. The molecule has 0 saturated heterocycles. The van der Waals surface area contributed by atoms with E-state index < -0.39 is 26.2 Å². The van der Waals surface area contributed by atoms with Gasteiger partial charge in [0.05, 0.1) is 14.9 Å². The summed E-state index contributed by atoms with van der Waals surface area (Å²) in [4.78, 5) is 19.1. The second-order valence-corrected chi connectivity index (χ2v) is 3.64. The molecule has 1 aromatic rings. The van der Waals surface area contributed by atoms with E-state index in [4.69, 9.17) is 23.2 Å². The fourth-order valence-corrected chi connectivity index (χ4v) is 1.69. The summed E-state index contributed by atoms with van der Waals surface area (Å²) in [6.07, 6.45) is 0. The van der Waals surface area contributed by atoms with E-state index in [2.05, 4.69) is 12.6 Å². The maximum absolute atomic E-state index is 10.6. The van der Waals surface area contributed by atoms with E-state index in [0.29, 0.717) is 0 Å². The van der Waals surface area contributed by atoms with Crippen LogP contribution in [-0.4, -0.2) is 9.85 Å². The van der Waals surface area contributed by atoms with Crippen LogP contribution in [0.2, 0.25) is 10.0 Å². The Labute approximate surface area is 98.5 Å². The van der Waals surface area contributed by atoms with Crippen molar-refractivity contribution in [3.8, 4) is 0 Å². The predicted octanol–water partition coefficient (Wildman–Crippen LogP) is 3.10. The van der Waals surface area contributed by atoms with E-state index in [0.717, 1.165) is 6.07 Å². The molecule has 15 heavy (non-hydrogen) atoms. The minimum atomic E-state index is -0.871. The summed E-state index contributed by atoms with van der Waals surface area (Å²) in [6.45, 7) is 0. The van der Waals surface area contributed by atoms with E-state index in [1.54, 1.807) is 0 Å². The lowest BCUT2D eigenvalue weighted by Gasteiger charge is -2.01. The highest BCUT2D eigenvalue weighted by Crippen LogP contribution is 2.42. The molecule has 0 aromatic heterocycles. The highest BCUT2D eigenvalue weighted by Gasteiger charge is 2.28. The highest BCUT2D eigenvalue weighted by atomic mass is 35.5. The van der Waals surface area contributed by atoms with Crippen molar-refractivity contribution in [2.75, 3.05) is 0 Å². The van der Waals surface area contributed by atoms with Crippen molar-refractivity contribution >= 4 is 47.2 Å². The van der Waals surface area contributed by atoms with Crippen molar-refractivity contribution in [1.82, 2.24) is 0 Å². The zero-order valence-electron chi connectivity index (χ0n) is 6.81. The van der Waals surface area contributed by atoms with Crippen molar-refractivity contribution < 1.29 is 9.85 Å². The average Bonchev–Trinajstić information content (AvgIpc) is 2.10. The van der Waals surface area contributed by atoms with Crippen LogP contribution in [0.5, 0.6) is 0 Å². The Hall–Kier alpha value is -1.05. The molecule has 0 aliphatic rings. The van der Waals surface area contributed by atoms with Gasteiger partial charge in [-0.05, 0) is 0 Å². The van der Waals surface area contributed by atoms with Gasteiger partial charge < -0.3 is 0 Å². The largest absolute Gasteiger partial charge is 0.309 e. The fraction of sp³-hybridized carbons (Fsp3) is 0. The van der Waals surface area contributed by atoms with Crippen molar-refractivity contribution in [2.24, 2.45) is 0 Å². The normalized spacial score (nSPS) is 10.1. The quantitative estimate of drug-likeness (QED) is 0.507. The van der Waals surface area contributed by atoms with Gasteiger partial charge in [0.2, 0.25) is 0 Å². The summed E-state index contributed by atoms with van der Waals surface area (Å²) in [5.74, 6) is 0. The summed E-state index contributed by atoms with van der Waals surface area (Å²) in [7, 11) is 0. The van der Waals surface area contributed by atoms with Crippen molar-refractivity contribution in [2.45, 2.75) is 4.90 Å². The van der Waals surface area contributed by atoms with Crippen LogP contribution in [0.25, 0.3) is 0 Å². The number of halogens is 2. The van der Waals surface area contributed by atoms with Gasteiger partial charge in [0.15, 0.2) is 5.02 Å². The standard InChI is InChI=1S/C6H2Cl2N2O4S/c7-2-1-3(9(11)12)4(8)5(6(2)15)10(13)14/h1,15H. The molecule has 0 spiro atoms. The molecule has 0 N–H and O–H groups in total. The van der Waals surface area contributed by atoms with Gasteiger partial charge >= 0.3 is 5.69 Å². The van der Waals surface area contributed by atoms with Gasteiger partial charge in [0.1, 0.15) is 4.90 Å². The molecule has 1 aromatic carbocycles. The maximum atomic E-state index is 10.6. The number of hydrogen-bond acceptors (Lipinski definition) is 5. The number of thiol groups is 1. The molecule has 0 bridgehead atoms. The van der Waals surface area contributed by atoms with Crippen LogP contribution in [-0.2, 0) is 0 Å². The number of nitrogens with zero attached hydrogens (tertiary/aromatic N) is 2.